The zero-order chi connectivity index (χ0) is 21.5. The maximum atomic E-state index is 13.4. The van der Waals surface area contributed by atoms with Crippen LogP contribution < -0.4 is 16.9 Å². The van der Waals surface area contributed by atoms with E-state index in [0.29, 0.717) is 27.6 Å². The molecule has 2 heterocycles. The highest BCUT2D eigenvalue weighted by Gasteiger charge is 2.35. The third-order valence-electron chi connectivity index (χ3n) is 4.44. The van der Waals surface area contributed by atoms with Crippen LogP contribution in [-0.4, -0.2) is 10.5 Å². The molecule has 0 bridgehead atoms. The minimum absolute atomic E-state index is 0.0787. The van der Waals surface area contributed by atoms with Crippen LogP contribution in [-0.2, 0) is 19.1 Å². The monoisotopic (exact) mass is 426 g/mol. The highest BCUT2D eigenvalue weighted by Crippen LogP contribution is 2.30. The van der Waals surface area contributed by atoms with Gasteiger partial charge in [0.15, 0.2) is 0 Å². The number of aromatic nitrogens is 1. The van der Waals surface area contributed by atoms with Gasteiger partial charge in [-0.25, -0.2) is 4.79 Å². The Labute approximate surface area is 166 Å². The molecule has 1 aromatic carbocycles. The first-order valence-electron chi connectivity index (χ1n) is 8.39. The van der Waals surface area contributed by atoms with Crippen LogP contribution in [0, 0.1) is 0 Å². The number of hydrogen-bond acceptors (Lipinski definition) is 4. The Kier molecular flexibility index (Phi) is 5.27. The molecule has 0 saturated heterocycles. The van der Waals surface area contributed by atoms with Crippen LogP contribution in [0.4, 0.5) is 13.2 Å². The summed E-state index contributed by atoms with van der Waals surface area (Å²) in [6.07, 6.45) is -4.33. The number of alkyl halides is 3. The number of nitrogens with two attached hydrogens (primary N) is 1. The lowest BCUT2D eigenvalue weighted by Gasteiger charge is -2.17. The molecule has 0 saturated carbocycles. The standard InChI is InChI=1S/C19H14ClF3N2O4/c1-2-9-5-14-12(7-13(9)20)10(6-16(26)29-14)8-25-15(19(21,22)23)4-3-11(17(24)27)18(25)28/h3-7H,2,8H2,1H3,(H2,24,27). The number of carbonyl (C=O) groups is 1. The van der Waals surface area contributed by atoms with E-state index in [1.165, 1.54) is 12.1 Å². The van der Waals surface area contributed by atoms with Gasteiger partial charge in [0.2, 0.25) is 0 Å². The molecule has 0 unspecified atom stereocenters. The first-order chi connectivity index (χ1) is 13.5. The van der Waals surface area contributed by atoms with Gasteiger partial charge in [-0.1, -0.05) is 18.5 Å². The van der Waals surface area contributed by atoms with Gasteiger partial charge in [-0.3, -0.25) is 14.2 Å². The first kappa shape index (κ1) is 20.7. The molecular formula is C19H14ClF3N2O4. The lowest BCUT2D eigenvalue weighted by atomic mass is 10.1. The number of rotatable bonds is 4. The van der Waals surface area contributed by atoms with Crippen molar-refractivity contribution in [1.29, 1.82) is 0 Å². The van der Waals surface area contributed by atoms with Gasteiger partial charge < -0.3 is 10.2 Å². The Bertz CT molecular complexity index is 1250. The van der Waals surface area contributed by atoms with Crippen LogP contribution >= 0.6 is 11.6 Å². The fraction of sp³-hybridized carbons (Fsp3) is 0.211. The van der Waals surface area contributed by atoms with E-state index in [1.807, 2.05) is 6.92 Å². The number of fused-ring (bicyclic) bond motifs is 1. The molecule has 152 valence electrons. The molecule has 0 aliphatic carbocycles. The van der Waals surface area contributed by atoms with E-state index in [9.17, 15) is 27.6 Å². The summed E-state index contributed by atoms with van der Waals surface area (Å²) in [4.78, 5) is 35.9. The van der Waals surface area contributed by atoms with E-state index in [4.69, 9.17) is 21.8 Å². The van der Waals surface area contributed by atoms with Crippen molar-refractivity contribution in [2.24, 2.45) is 5.73 Å². The zero-order valence-electron chi connectivity index (χ0n) is 15.0. The first-order valence-corrected chi connectivity index (χ1v) is 8.76. The molecule has 0 spiro atoms. The normalized spacial score (nSPS) is 11.8. The molecule has 2 aromatic heterocycles. The second-order valence-corrected chi connectivity index (χ2v) is 6.68. The number of pyridine rings is 1. The summed E-state index contributed by atoms with van der Waals surface area (Å²) in [5.41, 5.74) is 2.07. The van der Waals surface area contributed by atoms with Crippen LogP contribution in [0.5, 0.6) is 0 Å². The summed E-state index contributed by atoms with van der Waals surface area (Å²) in [6, 6.07) is 5.29. The summed E-state index contributed by atoms with van der Waals surface area (Å²) < 4.78 is 45.8. The van der Waals surface area contributed by atoms with Crippen molar-refractivity contribution in [2.45, 2.75) is 26.1 Å². The van der Waals surface area contributed by atoms with E-state index in [0.717, 1.165) is 12.1 Å². The molecule has 0 atom stereocenters. The number of benzene rings is 1. The molecule has 0 aliphatic heterocycles. The lowest BCUT2D eigenvalue weighted by molar-refractivity contribution is -0.144. The third-order valence-corrected chi connectivity index (χ3v) is 4.79. The molecule has 10 heteroatoms. The number of hydrogen-bond donors (Lipinski definition) is 1. The highest BCUT2D eigenvalue weighted by molar-refractivity contribution is 6.32. The van der Waals surface area contributed by atoms with Crippen LogP contribution in [0.3, 0.4) is 0 Å². The van der Waals surface area contributed by atoms with Crippen molar-refractivity contribution in [3.8, 4) is 0 Å². The second kappa shape index (κ2) is 7.40. The number of aryl methyl sites for hydroxylation is 1. The largest absolute Gasteiger partial charge is 0.431 e. The predicted octanol–water partition coefficient (Wildman–Crippen LogP) is 3.34. The SMILES string of the molecule is CCc1cc2oc(=O)cc(Cn3c(C(F)(F)F)ccc(C(N)=O)c3=O)c2cc1Cl. The van der Waals surface area contributed by atoms with E-state index >= 15 is 0 Å². The molecular weight excluding hydrogens is 413 g/mol. The van der Waals surface area contributed by atoms with Crippen LogP contribution in [0.15, 0.2) is 44.3 Å². The van der Waals surface area contributed by atoms with Gasteiger partial charge in [0.05, 0.1) is 6.54 Å². The topological polar surface area (TPSA) is 95.3 Å². The zero-order valence-corrected chi connectivity index (χ0v) is 15.7. The third kappa shape index (κ3) is 3.91. The van der Waals surface area contributed by atoms with Crippen molar-refractivity contribution in [1.82, 2.24) is 4.57 Å². The molecule has 6 nitrogen and oxygen atoms in total. The minimum atomic E-state index is -4.88. The Morgan fingerprint density at radius 2 is 1.86 bits per heavy atom. The van der Waals surface area contributed by atoms with Crippen LogP contribution in [0.2, 0.25) is 5.02 Å². The second-order valence-electron chi connectivity index (χ2n) is 6.27. The maximum absolute atomic E-state index is 13.4. The summed E-state index contributed by atoms with van der Waals surface area (Å²) in [6.45, 7) is 1.19. The number of amides is 1. The average molecular weight is 427 g/mol. The number of primary amides is 1. The van der Waals surface area contributed by atoms with Crippen molar-refractivity contribution in [3.63, 3.8) is 0 Å². The van der Waals surface area contributed by atoms with Crippen molar-refractivity contribution in [2.75, 3.05) is 0 Å². The van der Waals surface area contributed by atoms with Gasteiger partial charge in [-0.2, -0.15) is 13.2 Å². The fourth-order valence-corrected chi connectivity index (χ4v) is 3.33. The molecule has 0 aliphatic rings. The highest BCUT2D eigenvalue weighted by atomic mass is 35.5. The van der Waals surface area contributed by atoms with Gasteiger partial charge in [0, 0.05) is 16.5 Å². The predicted molar refractivity (Wildman–Crippen MR) is 100 cm³/mol. The quantitative estimate of drug-likeness (QED) is 0.647. The molecule has 2 N–H and O–H groups in total. The fourth-order valence-electron chi connectivity index (χ4n) is 3.03. The molecule has 3 rings (SSSR count). The Morgan fingerprint density at radius 3 is 2.45 bits per heavy atom. The molecule has 1 amide bonds. The summed E-state index contributed by atoms with van der Waals surface area (Å²) in [5, 5.41) is 0.612. The van der Waals surface area contributed by atoms with Crippen molar-refractivity contribution < 1.29 is 22.4 Å². The number of carbonyl (C=O) groups excluding carboxylic acids is 1. The van der Waals surface area contributed by atoms with Crippen molar-refractivity contribution in [3.05, 3.63) is 78.5 Å². The molecule has 29 heavy (non-hydrogen) atoms. The number of halogens is 4. The number of nitrogens with zero attached hydrogens (tertiary/aromatic N) is 1. The molecule has 0 radical (unpaired) electrons. The van der Waals surface area contributed by atoms with Gasteiger partial charge in [-0.05, 0) is 41.8 Å². The summed E-state index contributed by atoms with van der Waals surface area (Å²) >= 11 is 6.19. The van der Waals surface area contributed by atoms with Gasteiger partial charge in [0.25, 0.3) is 11.5 Å². The Hall–Kier alpha value is -3.07. The smallest absolute Gasteiger partial charge is 0.423 e. The molecule has 0 fully saturated rings. The maximum Gasteiger partial charge on any atom is 0.431 e. The van der Waals surface area contributed by atoms with Gasteiger partial charge >= 0.3 is 11.8 Å². The van der Waals surface area contributed by atoms with E-state index in [1.54, 1.807) is 0 Å². The minimum Gasteiger partial charge on any atom is -0.423 e. The van der Waals surface area contributed by atoms with E-state index in [2.05, 4.69) is 0 Å². The van der Waals surface area contributed by atoms with Gasteiger partial charge in [0.1, 0.15) is 16.8 Å². The lowest BCUT2D eigenvalue weighted by Crippen LogP contribution is -2.34. The average Bonchev–Trinajstić information content (AvgIpc) is 2.62. The Morgan fingerprint density at radius 1 is 1.17 bits per heavy atom. The van der Waals surface area contributed by atoms with E-state index in [-0.39, 0.29) is 16.5 Å². The van der Waals surface area contributed by atoms with Crippen LogP contribution in [0.25, 0.3) is 11.0 Å². The molecule has 3 aromatic rings. The van der Waals surface area contributed by atoms with Crippen LogP contribution in [0.1, 0.15) is 34.1 Å². The van der Waals surface area contributed by atoms with E-state index < -0.39 is 41.1 Å². The Balaban J connectivity index is 2.30. The van der Waals surface area contributed by atoms with Crippen molar-refractivity contribution >= 4 is 28.5 Å². The summed E-state index contributed by atoms with van der Waals surface area (Å²) in [7, 11) is 0. The van der Waals surface area contributed by atoms with Gasteiger partial charge in [-0.15, -0.1) is 0 Å². The summed E-state index contributed by atoms with van der Waals surface area (Å²) in [5.74, 6) is -1.16.